The van der Waals surface area contributed by atoms with Crippen LogP contribution in [0.25, 0.3) is 11.1 Å². The Morgan fingerprint density at radius 2 is 1.96 bits per heavy atom. The van der Waals surface area contributed by atoms with Gasteiger partial charge in [0.05, 0.1) is 6.34 Å². The highest BCUT2D eigenvalue weighted by atomic mass is 16.3. The Balaban J connectivity index is 2.20. The van der Waals surface area contributed by atoms with E-state index in [0.717, 1.165) is 27.9 Å². The molecule has 0 bridgehead atoms. The fraction of sp³-hybridized carbons (Fsp3) is 0.316. The number of aromatic nitrogens is 2. The van der Waals surface area contributed by atoms with Gasteiger partial charge in [0.1, 0.15) is 11.0 Å². The van der Waals surface area contributed by atoms with Crippen molar-refractivity contribution in [1.29, 1.82) is 10.8 Å². The van der Waals surface area contributed by atoms with Crippen LogP contribution >= 0.6 is 0 Å². The molecule has 5 nitrogen and oxygen atoms in total. The molecule has 2 heterocycles. The van der Waals surface area contributed by atoms with Crippen molar-refractivity contribution in [3.8, 4) is 0 Å². The van der Waals surface area contributed by atoms with Gasteiger partial charge in [0.15, 0.2) is 12.0 Å². The standard InChI is InChI=1S/C19H22N4O/c1-12(2)14-6-8-17(23(10-20)18(14)21)19(3,4)13-5-7-16-15(9-13)22-11-24-16/h5-12,20-21H,1-4H3. The zero-order valence-corrected chi connectivity index (χ0v) is 14.4. The summed E-state index contributed by atoms with van der Waals surface area (Å²) in [7, 11) is 0. The van der Waals surface area contributed by atoms with Gasteiger partial charge in [-0.2, -0.15) is 0 Å². The molecule has 0 radical (unpaired) electrons. The average Bonchev–Trinajstić information content (AvgIpc) is 3.01. The predicted molar refractivity (Wildman–Crippen MR) is 94.7 cm³/mol. The molecule has 3 rings (SSSR count). The van der Waals surface area contributed by atoms with E-state index in [1.807, 2.05) is 30.3 Å². The number of nitrogens with one attached hydrogen (secondary N) is 2. The molecule has 2 N–H and O–H groups in total. The van der Waals surface area contributed by atoms with Crippen LogP contribution in [0.5, 0.6) is 0 Å². The van der Waals surface area contributed by atoms with Gasteiger partial charge in [0, 0.05) is 11.1 Å². The summed E-state index contributed by atoms with van der Waals surface area (Å²) in [5, 5.41) is 16.3. The molecule has 1 aromatic carbocycles. The van der Waals surface area contributed by atoms with Crippen LogP contribution in [0, 0.1) is 10.8 Å². The number of pyridine rings is 1. The zero-order valence-electron chi connectivity index (χ0n) is 14.4. The Labute approximate surface area is 141 Å². The zero-order chi connectivity index (χ0) is 17.5. The summed E-state index contributed by atoms with van der Waals surface area (Å²) in [5.74, 6) is 0.243. The summed E-state index contributed by atoms with van der Waals surface area (Å²) in [4.78, 5) is 4.23. The second-order valence-corrected chi connectivity index (χ2v) is 6.84. The Kier molecular flexibility index (Phi) is 3.87. The molecule has 0 aliphatic rings. The second kappa shape index (κ2) is 5.74. The summed E-state index contributed by atoms with van der Waals surface area (Å²) >= 11 is 0. The highest BCUT2D eigenvalue weighted by Crippen LogP contribution is 2.32. The minimum Gasteiger partial charge on any atom is -0.443 e. The van der Waals surface area contributed by atoms with Gasteiger partial charge in [-0.05, 0) is 35.2 Å². The normalized spacial score (nSPS) is 12.0. The first-order chi connectivity index (χ1) is 11.4. The van der Waals surface area contributed by atoms with E-state index in [-0.39, 0.29) is 11.3 Å². The van der Waals surface area contributed by atoms with Crippen molar-refractivity contribution < 1.29 is 4.42 Å². The Hall–Kier alpha value is -2.69. The number of hydrogen-bond donors (Lipinski definition) is 2. The van der Waals surface area contributed by atoms with Crippen molar-refractivity contribution >= 4 is 17.4 Å². The van der Waals surface area contributed by atoms with Crippen molar-refractivity contribution in [2.24, 2.45) is 0 Å². The lowest BCUT2D eigenvalue weighted by Crippen LogP contribution is -2.33. The largest absolute Gasteiger partial charge is 0.443 e. The number of rotatable bonds is 4. The van der Waals surface area contributed by atoms with Crippen LogP contribution in [0.4, 0.5) is 0 Å². The smallest absolute Gasteiger partial charge is 0.181 e. The van der Waals surface area contributed by atoms with Gasteiger partial charge in [-0.15, -0.1) is 0 Å². The lowest BCUT2D eigenvalue weighted by molar-refractivity contribution is 0.590. The van der Waals surface area contributed by atoms with E-state index < -0.39 is 0 Å². The summed E-state index contributed by atoms with van der Waals surface area (Å²) in [6.07, 6.45) is 2.67. The third-order valence-electron chi connectivity index (χ3n) is 4.64. The highest BCUT2D eigenvalue weighted by molar-refractivity contribution is 5.73. The number of oxazole rings is 1. The SMILES string of the molecule is CC(C)c1ccc(C(C)(C)c2ccc3ocnc3c2)n(C=N)c1=N. The molecule has 0 aliphatic heterocycles. The maximum atomic E-state index is 8.45. The van der Waals surface area contributed by atoms with Crippen LogP contribution in [-0.4, -0.2) is 15.9 Å². The summed E-state index contributed by atoms with van der Waals surface area (Å²) in [6.45, 7) is 8.31. The van der Waals surface area contributed by atoms with Crippen molar-refractivity contribution in [3.05, 3.63) is 59.0 Å². The molecule has 0 saturated heterocycles. The van der Waals surface area contributed by atoms with Crippen molar-refractivity contribution in [3.63, 3.8) is 0 Å². The van der Waals surface area contributed by atoms with Crippen LogP contribution in [0.3, 0.4) is 0 Å². The van der Waals surface area contributed by atoms with Gasteiger partial charge in [0.25, 0.3) is 0 Å². The van der Waals surface area contributed by atoms with E-state index in [4.69, 9.17) is 15.2 Å². The molecule has 0 spiro atoms. The minimum atomic E-state index is -0.379. The average molecular weight is 322 g/mol. The van der Waals surface area contributed by atoms with Crippen molar-refractivity contribution in [2.45, 2.75) is 39.0 Å². The van der Waals surface area contributed by atoms with Gasteiger partial charge < -0.3 is 4.42 Å². The minimum absolute atomic E-state index is 0.243. The fourth-order valence-electron chi connectivity index (χ4n) is 3.09. The summed E-state index contributed by atoms with van der Waals surface area (Å²) in [5.41, 5.74) is 4.46. The van der Waals surface area contributed by atoms with E-state index >= 15 is 0 Å². The first-order valence-electron chi connectivity index (χ1n) is 8.01. The van der Waals surface area contributed by atoms with E-state index in [2.05, 4.69) is 32.7 Å². The molecule has 124 valence electrons. The van der Waals surface area contributed by atoms with E-state index in [1.54, 1.807) is 4.57 Å². The van der Waals surface area contributed by atoms with E-state index in [9.17, 15) is 0 Å². The molecule has 0 fully saturated rings. The predicted octanol–water partition coefficient (Wildman–Crippen LogP) is 4.01. The van der Waals surface area contributed by atoms with Gasteiger partial charge >= 0.3 is 0 Å². The third-order valence-corrected chi connectivity index (χ3v) is 4.64. The number of hydrogen-bond acceptors (Lipinski definition) is 4. The first kappa shape index (κ1) is 16.2. The van der Waals surface area contributed by atoms with Gasteiger partial charge in [-0.3, -0.25) is 15.4 Å². The van der Waals surface area contributed by atoms with Crippen LogP contribution < -0.4 is 5.49 Å². The Bertz CT molecular complexity index is 963. The molecular formula is C19H22N4O. The third kappa shape index (κ3) is 2.46. The van der Waals surface area contributed by atoms with E-state index in [1.165, 1.54) is 12.7 Å². The lowest BCUT2D eigenvalue weighted by atomic mass is 9.80. The van der Waals surface area contributed by atoms with Gasteiger partial charge in [-0.25, -0.2) is 4.98 Å². The summed E-state index contributed by atoms with van der Waals surface area (Å²) in [6, 6.07) is 9.96. The molecule has 2 aromatic heterocycles. The number of nitrogens with zero attached hydrogens (tertiary/aromatic N) is 2. The number of fused-ring (bicyclic) bond motifs is 1. The highest BCUT2D eigenvalue weighted by Gasteiger charge is 2.27. The molecular weight excluding hydrogens is 300 g/mol. The lowest BCUT2D eigenvalue weighted by Gasteiger charge is -2.29. The number of benzene rings is 1. The second-order valence-electron chi connectivity index (χ2n) is 6.84. The van der Waals surface area contributed by atoms with Gasteiger partial charge in [-0.1, -0.05) is 39.8 Å². The topological polar surface area (TPSA) is 78.7 Å². The molecule has 5 heteroatoms. The Morgan fingerprint density at radius 1 is 1.21 bits per heavy atom. The quantitative estimate of drug-likeness (QED) is 0.562. The van der Waals surface area contributed by atoms with Crippen LogP contribution in [0.15, 0.2) is 41.1 Å². The maximum Gasteiger partial charge on any atom is 0.181 e. The van der Waals surface area contributed by atoms with Crippen LogP contribution in [-0.2, 0) is 5.41 Å². The van der Waals surface area contributed by atoms with E-state index in [0.29, 0.717) is 5.49 Å². The Morgan fingerprint density at radius 3 is 2.62 bits per heavy atom. The van der Waals surface area contributed by atoms with Crippen molar-refractivity contribution in [2.75, 3.05) is 0 Å². The van der Waals surface area contributed by atoms with Crippen molar-refractivity contribution in [1.82, 2.24) is 9.55 Å². The monoisotopic (exact) mass is 322 g/mol. The fourth-order valence-corrected chi connectivity index (χ4v) is 3.09. The van der Waals surface area contributed by atoms with Crippen LogP contribution in [0.1, 0.15) is 50.4 Å². The van der Waals surface area contributed by atoms with Crippen LogP contribution in [0.2, 0.25) is 0 Å². The summed E-state index contributed by atoms with van der Waals surface area (Å²) < 4.78 is 6.97. The molecule has 0 atom stereocenters. The molecule has 0 saturated carbocycles. The first-order valence-corrected chi connectivity index (χ1v) is 8.01. The van der Waals surface area contributed by atoms with Gasteiger partial charge in [0.2, 0.25) is 0 Å². The molecule has 0 amide bonds. The maximum absolute atomic E-state index is 8.45. The molecule has 0 unspecified atom stereocenters. The molecule has 24 heavy (non-hydrogen) atoms. The molecule has 0 aliphatic carbocycles. The molecule has 3 aromatic rings.